The Labute approximate surface area is 126 Å². The van der Waals surface area contributed by atoms with Crippen LogP contribution in [0.5, 0.6) is 0 Å². The second-order valence-corrected chi connectivity index (χ2v) is 4.60. The Morgan fingerprint density at radius 1 is 1.00 bits per heavy atom. The van der Waals surface area contributed by atoms with Crippen molar-refractivity contribution in [1.82, 2.24) is 0 Å². The zero-order valence-corrected chi connectivity index (χ0v) is 13.1. The quantitative estimate of drug-likeness (QED) is 0.454. The third kappa shape index (κ3) is 4.09. The van der Waals surface area contributed by atoms with Gasteiger partial charge in [0.05, 0.1) is 5.95 Å². The maximum atomic E-state index is 10.1. The van der Waals surface area contributed by atoms with Crippen LogP contribution in [0.4, 0.5) is 0 Å². The Morgan fingerprint density at radius 3 is 1.53 bits per heavy atom. The molecule has 0 fully saturated rings. The maximum Gasteiger partial charge on any atom is 2.00 e. The number of rotatable bonds is 0. The van der Waals surface area contributed by atoms with E-state index in [2.05, 4.69) is 34.6 Å². The molecule has 0 bridgehead atoms. The van der Waals surface area contributed by atoms with Crippen molar-refractivity contribution in [2.45, 2.75) is 34.6 Å². The summed E-state index contributed by atoms with van der Waals surface area (Å²) in [6.07, 6.45) is 6.51. The van der Waals surface area contributed by atoms with Crippen LogP contribution in [-0.4, -0.2) is 5.11 Å². The summed E-state index contributed by atoms with van der Waals surface area (Å²) in [6, 6.07) is 0. The van der Waals surface area contributed by atoms with E-state index in [9.17, 15) is 5.11 Å². The van der Waals surface area contributed by atoms with E-state index in [0.29, 0.717) is 5.57 Å². The van der Waals surface area contributed by atoms with Crippen LogP contribution >= 0.6 is 0 Å². The second kappa shape index (κ2) is 7.32. The van der Waals surface area contributed by atoms with Gasteiger partial charge in [-0.05, 0) is 5.57 Å². The van der Waals surface area contributed by atoms with Gasteiger partial charge >= 0.3 is 17.1 Å². The van der Waals surface area contributed by atoms with Gasteiger partial charge in [-0.25, -0.2) is 0 Å². The first-order valence-electron chi connectivity index (χ1n) is 6.01. The third-order valence-corrected chi connectivity index (χ3v) is 3.72. The minimum Gasteiger partial charge on any atom is -0.629 e. The fraction of sp³-hybridized carbons (Fsp3) is 0.312. The first kappa shape index (κ1) is 17.7. The molecular weight excluding hydrogens is 280 g/mol. The van der Waals surface area contributed by atoms with Crippen molar-refractivity contribution >= 4 is 0 Å². The second-order valence-electron chi connectivity index (χ2n) is 4.60. The van der Waals surface area contributed by atoms with Gasteiger partial charge in [-0.3, -0.25) is 0 Å². The van der Waals surface area contributed by atoms with E-state index in [1.54, 1.807) is 24.3 Å². The van der Waals surface area contributed by atoms with Crippen LogP contribution in [0.2, 0.25) is 0 Å². The molecule has 0 unspecified atom stereocenters. The van der Waals surface area contributed by atoms with E-state index in [1.807, 2.05) is 0 Å². The van der Waals surface area contributed by atoms with Crippen molar-refractivity contribution < 1.29 is 27.3 Å². The zero-order valence-electron chi connectivity index (χ0n) is 12.0. The number of hydrogen-bond acceptors (Lipinski definition) is 2. The van der Waals surface area contributed by atoms with E-state index in [1.165, 1.54) is 27.8 Å². The fourth-order valence-corrected chi connectivity index (χ4v) is 1.92. The van der Waals surface area contributed by atoms with Crippen LogP contribution in [0.15, 0.2) is 35.8 Å². The van der Waals surface area contributed by atoms with E-state index < -0.39 is 5.95 Å². The molecule has 1 aromatic carbocycles. The van der Waals surface area contributed by atoms with Gasteiger partial charge in [-0.2, -0.15) is 27.8 Å². The van der Waals surface area contributed by atoms with Gasteiger partial charge in [0.1, 0.15) is 0 Å². The molecule has 0 aliphatic heterocycles. The smallest absolute Gasteiger partial charge is 0.629 e. The average molecular weight is 300 g/mol. The molecule has 19 heavy (non-hydrogen) atoms. The molecule has 1 aromatic rings. The topological polar surface area (TPSA) is 43.3 Å². The SMILES string of the molecule is Cc1c(C)c(C)[c-](C)c1C.[Fe+2].[O-]C(O)=C1C=CC=C1. The molecule has 0 atom stereocenters. The number of allylic oxidation sites excluding steroid dienone is 5. The molecule has 2 nitrogen and oxygen atoms in total. The Balaban J connectivity index is 0.000000331. The van der Waals surface area contributed by atoms with Gasteiger partial charge in [0, 0.05) is 0 Å². The van der Waals surface area contributed by atoms with E-state index >= 15 is 0 Å². The summed E-state index contributed by atoms with van der Waals surface area (Å²) in [5, 5.41) is 18.3. The molecule has 0 radical (unpaired) electrons. The first-order valence-corrected chi connectivity index (χ1v) is 6.01. The van der Waals surface area contributed by atoms with Crippen molar-refractivity contribution in [2.75, 3.05) is 0 Å². The molecule has 104 valence electrons. The van der Waals surface area contributed by atoms with Crippen molar-refractivity contribution in [3.8, 4) is 0 Å². The first-order chi connectivity index (χ1) is 8.36. The standard InChI is InChI=1S/C10H15.C6H6O2.Fe/c1-6-7(2)9(4)10(5)8(6)3;7-6(8)5-3-1-2-4-5;/h1-5H3;1-4,7-8H;/q-1;;+2/p-1. The van der Waals surface area contributed by atoms with E-state index in [4.69, 9.17) is 5.11 Å². The molecule has 2 rings (SSSR count). The number of hydrogen-bond donors (Lipinski definition) is 1. The van der Waals surface area contributed by atoms with Gasteiger partial charge in [-0.1, -0.05) is 58.9 Å². The fourth-order valence-electron chi connectivity index (χ4n) is 1.92. The van der Waals surface area contributed by atoms with Crippen LogP contribution in [0.3, 0.4) is 0 Å². The monoisotopic (exact) mass is 300 g/mol. The molecule has 0 spiro atoms. The molecule has 0 amide bonds. The third-order valence-electron chi connectivity index (χ3n) is 3.72. The predicted molar refractivity (Wildman–Crippen MR) is 73.7 cm³/mol. The summed E-state index contributed by atoms with van der Waals surface area (Å²) in [7, 11) is 0. The molecule has 0 saturated carbocycles. The Bertz CT molecular complexity index is 433. The molecule has 1 aliphatic carbocycles. The molecule has 0 saturated heterocycles. The predicted octanol–water partition coefficient (Wildman–Crippen LogP) is 3.19. The van der Waals surface area contributed by atoms with Crippen LogP contribution in [-0.2, 0) is 17.1 Å². The van der Waals surface area contributed by atoms with Crippen molar-refractivity contribution in [3.05, 3.63) is 63.6 Å². The molecule has 0 aromatic heterocycles. The Hall–Kier alpha value is -1.31. The summed E-state index contributed by atoms with van der Waals surface area (Å²) in [5.74, 6) is -0.866. The van der Waals surface area contributed by atoms with Gasteiger partial charge in [0.25, 0.3) is 0 Å². The Kier molecular flexibility index (Phi) is 6.82. The minimum absolute atomic E-state index is 0. The van der Waals surface area contributed by atoms with Crippen LogP contribution in [0.1, 0.15) is 27.8 Å². The summed E-state index contributed by atoms with van der Waals surface area (Å²) >= 11 is 0. The van der Waals surface area contributed by atoms with Gasteiger partial charge in [0.15, 0.2) is 0 Å². The van der Waals surface area contributed by atoms with Gasteiger partial charge in [0.2, 0.25) is 0 Å². The molecular formula is C16H20FeO2. The summed E-state index contributed by atoms with van der Waals surface area (Å²) in [5.41, 5.74) is 7.69. The van der Waals surface area contributed by atoms with Crippen molar-refractivity contribution in [1.29, 1.82) is 0 Å². The van der Waals surface area contributed by atoms with E-state index in [-0.39, 0.29) is 17.1 Å². The average Bonchev–Trinajstić information content (AvgIpc) is 2.93. The van der Waals surface area contributed by atoms with Crippen molar-refractivity contribution in [2.24, 2.45) is 0 Å². The van der Waals surface area contributed by atoms with Crippen LogP contribution in [0, 0.1) is 34.6 Å². The van der Waals surface area contributed by atoms with Crippen molar-refractivity contribution in [3.63, 3.8) is 0 Å². The van der Waals surface area contributed by atoms with Gasteiger partial charge in [-0.15, -0.1) is 0 Å². The minimum atomic E-state index is -0.866. The summed E-state index contributed by atoms with van der Waals surface area (Å²) < 4.78 is 0. The van der Waals surface area contributed by atoms with Gasteiger partial charge < -0.3 is 10.2 Å². The Morgan fingerprint density at radius 2 is 1.37 bits per heavy atom. The summed E-state index contributed by atoms with van der Waals surface area (Å²) in [4.78, 5) is 0. The van der Waals surface area contributed by atoms with Crippen LogP contribution in [0.25, 0.3) is 0 Å². The van der Waals surface area contributed by atoms with E-state index in [0.717, 1.165) is 0 Å². The largest absolute Gasteiger partial charge is 2.00 e. The number of aliphatic hydroxyl groups is 1. The maximum absolute atomic E-state index is 10.1. The molecule has 0 heterocycles. The normalized spacial score (nSPS) is 11.9. The molecule has 1 N–H and O–H groups in total. The molecule has 3 heteroatoms. The number of aliphatic hydroxyl groups excluding tert-OH is 1. The molecule has 1 aliphatic rings. The zero-order chi connectivity index (χ0) is 13.9. The summed E-state index contributed by atoms with van der Waals surface area (Å²) in [6.45, 7) is 11.0. The van der Waals surface area contributed by atoms with Crippen LogP contribution < -0.4 is 5.11 Å².